The van der Waals surface area contributed by atoms with Gasteiger partial charge in [-0.2, -0.15) is 0 Å². The van der Waals surface area contributed by atoms with Crippen LogP contribution in [0.4, 0.5) is 4.79 Å². The lowest BCUT2D eigenvalue weighted by molar-refractivity contribution is -0.383. The molecule has 1 aromatic rings. The maximum Gasteiger partial charge on any atom is 0.509 e. The fraction of sp³-hybridized carbons (Fsp3) is 0.667. The minimum Gasteiger partial charge on any atom is -0.430 e. The zero-order chi connectivity index (χ0) is 25.8. The van der Waals surface area contributed by atoms with Crippen LogP contribution >= 0.6 is 0 Å². The minimum atomic E-state index is -2.22. The average molecular weight is 506 g/mol. The van der Waals surface area contributed by atoms with Crippen LogP contribution in [0.2, 0.25) is 0 Å². The van der Waals surface area contributed by atoms with Gasteiger partial charge < -0.3 is 64.5 Å². The summed E-state index contributed by atoms with van der Waals surface area (Å²) in [5, 5.41) is 76.7. The normalized spacial score (nSPS) is 41.0. The van der Waals surface area contributed by atoms with E-state index in [4.69, 9.17) is 29.2 Å². The topological polar surface area (TPSA) is 225 Å². The van der Waals surface area contributed by atoms with Gasteiger partial charge in [-0.25, -0.2) is 4.79 Å². The van der Waals surface area contributed by atoms with Crippen LogP contribution in [-0.4, -0.2) is 128 Å². The van der Waals surface area contributed by atoms with Gasteiger partial charge in [0, 0.05) is 0 Å². The van der Waals surface area contributed by atoms with Crippen molar-refractivity contribution in [1.29, 1.82) is 0 Å². The summed E-state index contributed by atoms with van der Waals surface area (Å²) in [5.74, 6) is -2.22. The molecule has 3 saturated heterocycles. The van der Waals surface area contributed by atoms with Crippen LogP contribution in [0.3, 0.4) is 0 Å². The number of benzene rings is 1. The Balaban J connectivity index is 0.000000237. The van der Waals surface area contributed by atoms with Gasteiger partial charge >= 0.3 is 6.16 Å². The van der Waals surface area contributed by atoms with Crippen molar-refractivity contribution in [3.05, 3.63) is 35.9 Å². The first-order valence-electron chi connectivity index (χ1n) is 10.8. The standard InChI is InChI=1S/C12H22O11.C9H8O3/c13-1-4-6(16)8(18)9(19)11(21-4)23-12(3-15)10(20)7(17)5(2-14)22-12;10-9-11-6-8(12-9)7-4-2-1-3-5-7/h4-11,13-20H,1-3H2;1-5,8H,6H2/t4-,5-,6-,7-,8+,9-,10+,11-,12+;/m1./s1. The minimum absolute atomic E-state index is 0.223. The van der Waals surface area contributed by atoms with E-state index in [-0.39, 0.29) is 6.10 Å². The first-order valence-corrected chi connectivity index (χ1v) is 10.8. The molecule has 14 heteroatoms. The average Bonchev–Trinajstić information content (AvgIpc) is 3.42. The molecular weight excluding hydrogens is 476 g/mol. The van der Waals surface area contributed by atoms with Crippen molar-refractivity contribution in [2.24, 2.45) is 0 Å². The first kappa shape index (κ1) is 27.6. The van der Waals surface area contributed by atoms with Crippen LogP contribution in [0.1, 0.15) is 11.7 Å². The molecule has 1 aromatic carbocycles. The number of ether oxygens (including phenoxy) is 5. The molecule has 3 aliphatic heterocycles. The van der Waals surface area contributed by atoms with Gasteiger partial charge in [0.25, 0.3) is 0 Å². The van der Waals surface area contributed by atoms with Gasteiger partial charge in [-0.05, 0) is 5.56 Å². The van der Waals surface area contributed by atoms with Crippen molar-refractivity contribution in [2.45, 2.75) is 60.9 Å². The van der Waals surface area contributed by atoms with Gasteiger partial charge in [-0.3, -0.25) is 0 Å². The highest BCUT2D eigenvalue weighted by molar-refractivity contribution is 5.62. The van der Waals surface area contributed by atoms with Crippen LogP contribution in [0.25, 0.3) is 0 Å². The number of carbonyl (C=O) groups is 1. The van der Waals surface area contributed by atoms with E-state index < -0.39 is 80.8 Å². The number of hydrogen-bond acceptors (Lipinski definition) is 14. The van der Waals surface area contributed by atoms with Crippen molar-refractivity contribution >= 4 is 6.16 Å². The summed E-state index contributed by atoms with van der Waals surface area (Å²) in [6.45, 7) is -2.00. The van der Waals surface area contributed by atoms with Crippen LogP contribution in [0, 0.1) is 0 Å². The Kier molecular flexibility index (Phi) is 9.36. The molecule has 0 saturated carbocycles. The largest absolute Gasteiger partial charge is 0.509 e. The Morgan fingerprint density at radius 1 is 0.886 bits per heavy atom. The second-order valence-corrected chi connectivity index (χ2v) is 8.14. The fourth-order valence-electron chi connectivity index (χ4n) is 3.79. The summed E-state index contributed by atoms with van der Waals surface area (Å²) in [4.78, 5) is 10.6. The summed E-state index contributed by atoms with van der Waals surface area (Å²) in [6, 6.07) is 9.55. The molecule has 0 bridgehead atoms. The van der Waals surface area contributed by atoms with Crippen molar-refractivity contribution < 1.29 is 69.3 Å². The van der Waals surface area contributed by atoms with E-state index in [0.29, 0.717) is 6.61 Å². The number of carbonyl (C=O) groups excluding carboxylic acids is 1. The lowest BCUT2D eigenvalue weighted by Gasteiger charge is -2.43. The van der Waals surface area contributed by atoms with Crippen molar-refractivity contribution in [3.8, 4) is 0 Å². The second kappa shape index (κ2) is 11.9. The third-order valence-corrected chi connectivity index (χ3v) is 5.83. The van der Waals surface area contributed by atoms with E-state index in [2.05, 4.69) is 4.74 Å². The van der Waals surface area contributed by atoms with Crippen LogP contribution in [0.15, 0.2) is 30.3 Å². The molecule has 1 unspecified atom stereocenters. The van der Waals surface area contributed by atoms with E-state index in [1.165, 1.54) is 0 Å². The maximum absolute atomic E-state index is 10.6. The molecule has 198 valence electrons. The highest BCUT2D eigenvalue weighted by Crippen LogP contribution is 2.35. The summed E-state index contributed by atoms with van der Waals surface area (Å²) >= 11 is 0. The Morgan fingerprint density at radius 3 is 2.06 bits per heavy atom. The van der Waals surface area contributed by atoms with E-state index in [1.807, 2.05) is 30.3 Å². The molecule has 0 amide bonds. The molecule has 3 heterocycles. The molecule has 10 atom stereocenters. The molecule has 3 aliphatic rings. The Morgan fingerprint density at radius 2 is 1.54 bits per heavy atom. The monoisotopic (exact) mass is 506 g/mol. The van der Waals surface area contributed by atoms with E-state index in [9.17, 15) is 35.4 Å². The molecule has 0 radical (unpaired) electrons. The fourth-order valence-corrected chi connectivity index (χ4v) is 3.79. The lowest BCUT2D eigenvalue weighted by atomic mass is 9.99. The van der Waals surface area contributed by atoms with Gasteiger partial charge in [0.15, 0.2) is 12.4 Å². The van der Waals surface area contributed by atoms with Gasteiger partial charge in [0.2, 0.25) is 5.79 Å². The molecule has 0 aliphatic carbocycles. The number of cyclic esters (lactones) is 2. The molecule has 14 nitrogen and oxygen atoms in total. The van der Waals surface area contributed by atoms with Gasteiger partial charge in [-0.15, -0.1) is 0 Å². The number of hydrogen-bond donors (Lipinski definition) is 8. The molecule has 3 fully saturated rings. The lowest BCUT2D eigenvalue weighted by Crippen LogP contribution is -2.62. The van der Waals surface area contributed by atoms with Crippen LogP contribution < -0.4 is 0 Å². The molecular formula is C21H30O14. The summed E-state index contributed by atoms with van der Waals surface area (Å²) in [5.41, 5.74) is 0.975. The molecule has 0 aromatic heterocycles. The zero-order valence-electron chi connectivity index (χ0n) is 18.4. The number of aliphatic hydroxyl groups is 8. The SMILES string of the molecule is O=C1OCC(c2ccccc2)O1.OC[C@H]1O[C@@](CO)(O[C@H]2O[C@H](CO)[C@@H](O)[C@H](O)[C@H]2O)[C@@H](O)[C@@H]1O. The Hall–Kier alpha value is -1.95. The smallest absolute Gasteiger partial charge is 0.430 e. The highest BCUT2D eigenvalue weighted by Gasteiger charge is 2.58. The predicted octanol–water partition coefficient (Wildman–Crippen LogP) is -3.50. The quantitative estimate of drug-likeness (QED) is 0.175. The second-order valence-electron chi connectivity index (χ2n) is 8.14. The molecule has 0 spiro atoms. The van der Waals surface area contributed by atoms with Gasteiger partial charge in [0.05, 0.1) is 13.2 Å². The Labute approximate surface area is 199 Å². The van der Waals surface area contributed by atoms with Crippen molar-refractivity contribution in [3.63, 3.8) is 0 Å². The van der Waals surface area contributed by atoms with Crippen molar-refractivity contribution in [1.82, 2.24) is 0 Å². The third-order valence-electron chi connectivity index (χ3n) is 5.83. The van der Waals surface area contributed by atoms with Crippen LogP contribution in [-0.2, 0) is 23.7 Å². The van der Waals surface area contributed by atoms with Crippen molar-refractivity contribution in [2.75, 3.05) is 26.4 Å². The first-order chi connectivity index (χ1) is 16.7. The summed E-state index contributed by atoms with van der Waals surface area (Å²) < 4.78 is 25.0. The summed E-state index contributed by atoms with van der Waals surface area (Å²) in [6.07, 6.45) is -13.5. The Bertz CT molecular complexity index is 808. The van der Waals surface area contributed by atoms with Crippen LogP contribution in [0.5, 0.6) is 0 Å². The highest BCUT2D eigenvalue weighted by atomic mass is 16.8. The molecule has 35 heavy (non-hydrogen) atoms. The number of aliphatic hydroxyl groups excluding tert-OH is 8. The van der Waals surface area contributed by atoms with E-state index >= 15 is 0 Å². The van der Waals surface area contributed by atoms with E-state index in [1.54, 1.807) is 0 Å². The maximum atomic E-state index is 10.6. The third kappa shape index (κ3) is 5.90. The molecule has 4 rings (SSSR count). The molecule has 8 N–H and O–H groups in total. The van der Waals surface area contributed by atoms with Gasteiger partial charge in [-0.1, -0.05) is 30.3 Å². The van der Waals surface area contributed by atoms with Gasteiger partial charge in [0.1, 0.15) is 55.9 Å². The number of rotatable bonds is 6. The zero-order valence-corrected chi connectivity index (χ0v) is 18.4. The predicted molar refractivity (Wildman–Crippen MR) is 110 cm³/mol. The summed E-state index contributed by atoms with van der Waals surface area (Å²) in [7, 11) is 0. The van der Waals surface area contributed by atoms with E-state index in [0.717, 1.165) is 5.56 Å².